The van der Waals surface area contributed by atoms with Gasteiger partial charge in [0.1, 0.15) is 0 Å². The fraction of sp³-hybridized carbons (Fsp3) is 0.273. The van der Waals surface area contributed by atoms with Crippen LogP contribution in [0.4, 0.5) is 0 Å². The van der Waals surface area contributed by atoms with Crippen LogP contribution in [0.3, 0.4) is 0 Å². The largest absolute Gasteiger partial charge is 0.481 e. The maximum absolute atomic E-state index is 11.6. The van der Waals surface area contributed by atoms with Gasteiger partial charge in [-0.1, -0.05) is 28.1 Å². The van der Waals surface area contributed by atoms with Gasteiger partial charge in [0.2, 0.25) is 0 Å². The Hall–Kier alpha value is -1.16. The van der Waals surface area contributed by atoms with Crippen molar-refractivity contribution in [3.63, 3.8) is 0 Å². The molecule has 0 amide bonds. The molecule has 0 heterocycles. The van der Waals surface area contributed by atoms with Crippen LogP contribution in [0, 0.1) is 0 Å². The lowest BCUT2D eigenvalue weighted by molar-refractivity contribution is -0.137. The van der Waals surface area contributed by atoms with Crippen LogP contribution in [0.2, 0.25) is 0 Å². The number of hydrogen-bond donors (Lipinski definition) is 1. The third-order valence-electron chi connectivity index (χ3n) is 1.94. The predicted octanol–water partition coefficient (Wildman–Crippen LogP) is 2.89. The summed E-state index contributed by atoms with van der Waals surface area (Å²) in [6, 6.07) is 7.10. The van der Waals surface area contributed by atoms with Crippen molar-refractivity contribution >= 4 is 27.7 Å². The summed E-state index contributed by atoms with van der Waals surface area (Å²) < 4.78 is 0.853. The Morgan fingerprint density at radius 3 is 2.60 bits per heavy atom. The van der Waals surface area contributed by atoms with Gasteiger partial charge in [0.25, 0.3) is 0 Å². The van der Waals surface area contributed by atoms with Crippen LogP contribution in [0.1, 0.15) is 29.6 Å². The molecule has 1 aromatic carbocycles. The Labute approximate surface area is 96.2 Å². The van der Waals surface area contributed by atoms with E-state index in [-0.39, 0.29) is 18.6 Å². The average molecular weight is 271 g/mol. The maximum atomic E-state index is 11.6. The van der Waals surface area contributed by atoms with E-state index in [0.717, 1.165) is 4.47 Å². The number of aliphatic carboxylic acids is 1. The zero-order valence-electron chi connectivity index (χ0n) is 8.07. The molecule has 1 N–H and O–H groups in total. The Morgan fingerprint density at radius 2 is 2.00 bits per heavy atom. The molecule has 3 nitrogen and oxygen atoms in total. The molecule has 1 aromatic rings. The van der Waals surface area contributed by atoms with Crippen LogP contribution in [0.25, 0.3) is 0 Å². The van der Waals surface area contributed by atoms with E-state index in [1.807, 2.05) is 6.07 Å². The normalized spacial score (nSPS) is 9.93. The number of rotatable bonds is 5. The molecule has 0 fully saturated rings. The first-order valence-electron chi connectivity index (χ1n) is 4.60. The zero-order chi connectivity index (χ0) is 11.3. The summed E-state index contributed by atoms with van der Waals surface area (Å²) in [5, 5.41) is 8.42. The van der Waals surface area contributed by atoms with Gasteiger partial charge in [0, 0.05) is 22.9 Å². The molecule has 0 bridgehead atoms. The molecule has 0 aliphatic carbocycles. The Morgan fingerprint density at radius 1 is 1.27 bits per heavy atom. The van der Waals surface area contributed by atoms with E-state index in [9.17, 15) is 9.59 Å². The smallest absolute Gasteiger partial charge is 0.303 e. The van der Waals surface area contributed by atoms with Crippen molar-refractivity contribution in [2.45, 2.75) is 19.3 Å². The monoisotopic (exact) mass is 270 g/mol. The average Bonchev–Trinajstić information content (AvgIpc) is 2.17. The molecule has 0 saturated carbocycles. The fourth-order valence-corrected chi connectivity index (χ4v) is 1.61. The van der Waals surface area contributed by atoms with Gasteiger partial charge in [-0.2, -0.15) is 0 Å². The van der Waals surface area contributed by atoms with Gasteiger partial charge >= 0.3 is 5.97 Å². The van der Waals surface area contributed by atoms with Gasteiger partial charge < -0.3 is 5.11 Å². The number of benzene rings is 1. The molecular formula is C11H11BrO3. The van der Waals surface area contributed by atoms with Crippen LogP contribution in [-0.2, 0) is 4.79 Å². The summed E-state index contributed by atoms with van der Waals surface area (Å²) in [5.41, 5.74) is 0.620. The number of ketones is 1. The van der Waals surface area contributed by atoms with Gasteiger partial charge in [-0.25, -0.2) is 0 Å². The summed E-state index contributed by atoms with van der Waals surface area (Å²) in [6.07, 6.45) is 0.711. The standard InChI is InChI=1S/C11H11BrO3/c12-9-4-1-3-8(7-9)10(13)5-2-6-11(14)15/h1,3-4,7H,2,5-6H2,(H,14,15). The summed E-state index contributed by atoms with van der Waals surface area (Å²) in [6.45, 7) is 0. The van der Waals surface area contributed by atoms with E-state index in [0.29, 0.717) is 12.0 Å². The van der Waals surface area contributed by atoms with Gasteiger partial charge in [0.15, 0.2) is 5.78 Å². The van der Waals surface area contributed by atoms with Gasteiger partial charge in [-0.3, -0.25) is 9.59 Å². The minimum atomic E-state index is -0.864. The fourth-order valence-electron chi connectivity index (χ4n) is 1.21. The molecule has 0 aliphatic heterocycles. The molecule has 0 unspecified atom stereocenters. The molecule has 0 atom stereocenters. The molecule has 0 spiro atoms. The zero-order valence-corrected chi connectivity index (χ0v) is 9.66. The van der Waals surface area contributed by atoms with Crippen molar-refractivity contribution in [2.75, 3.05) is 0 Å². The third-order valence-corrected chi connectivity index (χ3v) is 2.43. The molecular weight excluding hydrogens is 260 g/mol. The summed E-state index contributed by atoms with van der Waals surface area (Å²) in [7, 11) is 0. The summed E-state index contributed by atoms with van der Waals surface area (Å²) in [4.78, 5) is 21.8. The molecule has 0 radical (unpaired) electrons. The lowest BCUT2D eigenvalue weighted by atomic mass is 10.1. The second-order valence-corrected chi connectivity index (χ2v) is 4.10. The molecule has 80 valence electrons. The first-order chi connectivity index (χ1) is 7.09. The number of halogens is 1. The van der Waals surface area contributed by atoms with Crippen molar-refractivity contribution in [3.05, 3.63) is 34.3 Å². The highest BCUT2D eigenvalue weighted by molar-refractivity contribution is 9.10. The second-order valence-electron chi connectivity index (χ2n) is 3.18. The quantitative estimate of drug-likeness (QED) is 0.838. The van der Waals surface area contributed by atoms with E-state index in [2.05, 4.69) is 15.9 Å². The Balaban J connectivity index is 2.50. The summed E-state index contributed by atoms with van der Waals surface area (Å²) >= 11 is 3.28. The highest BCUT2D eigenvalue weighted by Crippen LogP contribution is 2.14. The maximum Gasteiger partial charge on any atom is 0.303 e. The SMILES string of the molecule is O=C(O)CCCC(=O)c1cccc(Br)c1. The van der Waals surface area contributed by atoms with Gasteiger partial charge in [-0.05, 0) is 18.6 Å². The highest BCUT2D eigenvalue weighted by atomic mass is 79.9. The van der Waals surface area contributed by atoms with Crippen LogP contribution in [-0.4, -0.2) is 16.9 Å². The topological polar surface area (TPSA) is 54.4 Å². The lowest BCUT2D eigenvalue weighted by Gasteiger charge is -2.00. The van der Waals surface area contributed by atoms with Gasteiger partial charge in [-0.15, -0.1) is 0 Å². The second kappa shape index (κ2) is 5.66. The van der Waals surface area contributed by atoms with Crippen molar-refractivity contribution in [1.29, 1.82) is 0 Å². The number of carbonyl (C=O) groups excluding carboxylic acids is 1. The van der Waals surface area contributed by atoms with Crippen molar-refractivity contribution in [2.24, 2.45) is 0 Å². The molecule has 4 heteroatoms. The number of hydrogen-bond acceptors (Lipinski definition) is 2. The first kappa shape index (κ1) is 11.9. The minimum absolute atomic E-state index is 0.0162. The number of Topliss-reactive ketones (excluding diaryl/α,β-unsaturated/α-hetero) is 1. The Kier molecular flexibility index (Phi) is 4.49. The Bertz CT molecular complexity index is 374. The number of carboxylic acid groups (broad SMARTS) is 1. The molecule has 15 heavy (non-hydrogen) atoms. The minimum Gasteiger partial charge on any atom is -0.481 e. The third kappa shape index (κ3) is 4.25. The van der Waals surface area contributed by atoms with Crippen molar-refractivity contribution in [1.82, 2.24) is 0 Å². The molecule has 0 saturated heterocycles. The van der Waals surface area contributed by atoms with Crippen molar-refractivity contribution in [3.8, 4) is 0 Å². The first-order valence-corrected chi connectivity index (χ1v) is 5.39. The van der Waals surface area contributed by atoms with Crippen LogP contribution in [0.15, 0.2) is 28.7 Å². The summed E-state index contributed by atoms with van der Waals surface area (Å²) in [5.74, 6) is -0.880. The van der Waals surface area contributed by atoms with E-state index in [1.165, 1.54) is 0 Å². The predicted molar refractivity (Wildman–Crippen MR) is 60.0 cm³/mol. The number of carbonyl (C=O) groups is 2. The van der Waals surface area contributed by atoms with E-state index >= 15 is 0 Å². The van der Waals surface area contributed by atoms with Crippen LogP contribution >= 0.6 is 15.9 Å². The van der Waals surface area contributed by atoms with E-state index < -0.39 is 5.97 Å². The van der Waals surface area contributed by atoms with Crippen molar-refractivity contribution < 1.29 is 14.7 Å². The highest BCUT2D eigenvalue weighted by Gasteiger charge is 2.06. The van der Waals surface area contributed by atoms with E-state index in [4.69, 9.17) is 5.11 Å². The lowest BCUT2D eigenvalue weighted by Crippen LogP contribution is -2.01. The number of carboxylic acids is 1. The molecule has 1 rings (SSSR count). The van der Waals surface area contributed by atoms with Crippen LogP contribution < -0.4 is 0 Å². The molecule has 0 aromatic heterocycles. The molecule has 0 aliphatic rings. The van der Waals surface area contributed by atoms with Gasteiger partial charge in [0.05, 0.1) is 0 Å². The van der Waals surface area contributed by atoms with Crippen LogP contribution in [0.5, 0.6) is 0 Å². The van der Waals surface area contributed by atoms with E-state index in [1.54, 1.807) is 18.2 Å².